The van der Waals surface area contributed by atoms with E-state index < -0.39 is 17.4 Å². The van der Waals surface area contributed by atoms with Gasteiger partial charge >= 0.3 is 5.97 Å². The summed E-state index contributed by atoms with van der Waals surface area (Å²) >= 11 is 0. The summed E-state index contributed by atoms with van der Waals surface area (Å²) in [7, 11) is 0. The zero-order valence-electron chi connectivity index (χ0n) is 12.7. The molecule has 6 nitrogen and oxygen atoms in total. The molecule has 1 aromatic heterocycles. The largest absolute Gasteiger partial charge is 0.479 e. The van der Waals surface area contributed by atoms with Crippen LogP contribution in [0, 0.1) is 0 Å². The van der Waals surface area contributed by atoms with Crippen LogP contribution < -0.4 is 5.32 Å². The van der Waals surface area contributed by atoms with E-state index in [9.17, 15) is 14.7 Å². The number of hydrogen-bond donors (Lipinski definition) is 3. The summed E-state index contributed by atoms with van der Waals surface area (Å²) in [5.41, 5.74) is 1.52. The van der Waals surface area contributed by atoms with Gasteiger partial charge in [0.25, 0.3) is 5.91 Å². The smallest absolute Gasteiger partial charge is 0.330 e. The highest BCUT2D eigenvalue weighted by atomic mass is 16.4. The number of amides is 1. The van der Waals surface area contributed by atoms with Crippen LogP contribution in [0.2, 0.25) is 0 Å². The Labute approximate surface area is 137 Å². The third-order valence-corrected chi connectivity index (χ3v) is 4.55. The molecule has 3 aromatic rings. The lowest BCUT2D eigenvalue weighted by atomic mass is 9.95. The molecule has 1 heterocycles. The van der Waals surface area contributed by atoms with Gasteiger partial charge in [0.2, 0.25) is 0 Å². The Balaban J connectivity index is 1.68. The Morgan fingerprint density at radius 2 is 1.67 bits per heavy atom. The van der Waals surface area contributed by atoms with Gasteiger partial charge in [-0.15, -0.1) is 0 Å². The lowest BCUT2D eigenvalue weighted by Gasteiger charge is -2.25. The van der Waals surface area contributed by atoms with Crippen LogP contribution >= 0.6 is 0 Å². The molecule has 2 aromatic carbocycles. The van der Waals surface area contributed by atoms with E-state index >= 15 is 0 Å². The van der Waals surface area contributed by atoms with Crippen molar-refractivity contribution in [2.75, 3.05) is 0 Å². The zero-order valence-corrected chi connectivity index (χ0v) is 12.7. The number of aliphatic carboxylic acids is 1. The van der Waals surface area contributed by atoms with Crippen LogP contribution in [0.5, 0.6) is 0 Å². The molecule has 4 rings (SSSR count). The highest BCUT2D eigenvalue weighted by Crippen LogP contribution is 2.31. The lowest BCUT2D eigenvalue weighted by molar-refractivity contribution is -0.144. The molecule has 0 saturated heterocycles. The molecule has 0 bridgehead atoms. The second-order valence-electron chi connectivity index (χ2n) is 6.08. The first-order chi connectivity index (χ1) is 11.6. The van der Waals surface area contributed by atoms with E-state index in [0.717, 1.165) is 16.6 Å². The molecular weight excluding hydrogens is 306 g/mol. The monoisotopic (exact) mass is 321 g/mol. The van der Waals surface area contributed by atoms with Crippen LogP contribution in [0.1, 0.15) is 21.6 Å². The number of aromatic amines is 1. The number of carboxylic acids is 1. The highest BCUT2D eigenvalue weighted by molar-refractivity contribution is 6.06. The zero-order chi connectivity index (χ0) is 16.7. The van der Waals surface area contributed by atoms with E-state index in [1.54, 1.807) is 6.07 Å². The summed E-state index contributed by atoms with van der Waals surface area (Å²) in [5, 5.41) is 20.0. The second kappa shape index (κ2) is 5.19. The summed E-state index contributed by atoms with van der Waals surface area (Å²) < 4.78 is 0. The van der Waals surface area contributed by atoms with E-state index in [2.05, 4.69) is 15.5 Å². The number of aromatic nitrogens is 2. The summed E-state index contributed by atoms with van der Waals surface area (Å²) in [6, 6.07) is 14.8. The highest BCUT2D eigenvalue weighted by Gasteiger charge is 2.45. The van der Waals surface area contributed by atoms with Crippen LogP contribution in [0.15, 0.2) is 48.5 Å². The molecule has 6 heteroatoms. The van der Waals surface area contributed by atoms with Crippen LogP contribution in [0.3, 0.4) is 0 Å². The topological polar surface area (TPSA) is 95.1 Å². The molecule has 1 amide bonds. The predicted molar refractivity (Wildman–Crippen MR) is 87.8 cm³/mol. The van der Waals surface area contributed by atoms with Gasteiger partial charge in [0.05, 0.1) is 5.52 Å². The molecule has 3 N–H and O–H groups in total. The van der Waals surface area contributed by atoms with Crippen molar-refractivity contribution in [2.24, 2.45) is 0 Å². The molecule has 0 fully saturated rings. The molecule has 0 spiro atoms. The van der Waals surface area contributed by atoms with Crippen LogP contribution in [-0.2, 0) is 17.6 Å². The number of hydrogen-bond acceptors (Lipinski definition) is 3. The van der Waals surface area contributed by atoms with E-state index in [-0.39, 0.29) is 18.5 Å². The van der Waals surface area contributed by atoms with E-state index in [0.29, 0.717) is 5.39 Å². The Morgan fingerprint density at radius 3 is 2.33 bits per heavy atom. The van der Waals surface area contributed by atoms with Gasteiger partial charge in [-0.05, 0) is 17.2 Å². The van der Waals surface area contributed by atoms with E-state index in [1.807, 2.05) is 42.5 Å². The SMILES string of the molecule is O=C(NC1(C(=O)O)Cc2ccccc2C1)c1n[nH]c2ccccc12. The van der Waals surface area contributed by atoms with Crippen molar-refractivity contribution in [1.82, 2.24) is 15.5 Å². The number of carbonyl (C=O) groups excluding carboxylic acids is 1. The van der Waals surface area contributed by atoms with Gasteiger partial charge in [0.15, 0.2) is 5.69 Å². The molecule has 120 valence electrons. The number of carbonyl (C=O) groups is 2. The number of fused-ring (bicyclic) bond motifs is 2. The quantitative estimate of drug-likeness (QED) is 0.687. The minimum atomic E-state index is -1.33. The van der Waals surface area contributed by atoms with Crippen molar-refractivity contribution in [3.63, 3.8) is 0 Å². The van der Waals surface area contributed by atoms with Gasteiger partial charge in [-0.2, -0.15) is 5.10 Å². The van der Waals surface area contributed by atoms with Gasteiger partial charge in [-0.25, -0.2) is 4.79 Å². The van der Waals surface area contributed by atoms with Crippen molar-refractivity contribution in [3.8, 4) is 0 Å². The van der Waals surface area contributed by atoms with Crippen molar-refractivity contribution >= 4 is 22.8 Å². The van der Waals surface area contributed by atoms with E-state index in [4.69, 9.17) is 0 Å². The summed E-state index contributed by atoms with van der Waals surface area (Å²) in [6.45, 7) is 0. The fraction of sp³-hybridized carbons (Fsp3) is 0.167. The molecule has 24 heavy (non-hydrogen) atoms. The summed E-state index contributed by atoms with van der Waals surface area (Å²) in [4.78, 5) is 24.6. The van der Waals surface area contributed by atoms with E-state index in [1.165, 1.54) is 0 Å². The molecule has 0 saturated carbocycles. The lowest BCUT2D eigenvalue weighted by Crippen LogP contribution is -2.55. The van der Waals surface area contributed by atoms with Crippen LogP contribution in [0.4, 0.5) is 0 Å². The molecular formula is C18H15N3O3. The molecule has 0 atom stereocenters. The molecule has 0 radical (unpaired) electrons. The Bertz CT molecular complexity index is 936. The standard InChI is InChI=1S/C18H15N3O3/c22-16(15-13-7-3-4-8-14(13)20-21-15)19-18(17(23)24)9-11-5-1-2-6-12(11)10-18/h1-8H,9-10H2,(H,19,22)(H,20,21)(H,23,24). The fourth-order valence-electron chi connectivity index (χ4n) is 3.32. The minimum absolute atomic E-state index is 0.210. The first-order valence-electron chi connectivity index (χ1n) is 7.65. The predicted octanol–water partition coefficient (Wildman–Crippen LogP) is 1.91. The maximum Gasteiger partial charge on any atom is 0.330 e. The van der Waals surface area contributed by atoms with Gasteiger partial charge in [-0.1, -0.05) is 42.5 Å². The third kappa shape index (κ3) is 2.15. The first-order valence-corrected chi connectivity index (χ1v) is 7.65. The van der Waals surface area contributed by atoms with Crippen LogP contribution in [0.25, 0.3) is 10.9 Å². The Morgan fingerprint density at radius 1 is 1.04 bits per heavy atom. The summed E-state index contributed by atoms with van der Waals surface area (Å²) in [5.74, 6) is -1.52. The number of benzene rings is 2. The maximum absolute atomic E-state index is 12.7. The minimum Gasteiger partial charge on any atom is -0.479 e. The third-order valence-electron chi connectivity index (χ3n) is 4.55. The number of nitrogens with one attached hydrogen (secondary N) is 2. The Kier molecular flexibility index (Phi) is 3.13. The van der Waals surface area contributed by atoms with Gasteiger partial charge in [0.1, 0.15) is 5.54 Å². The average Bonchev–Trinajstić information content (AvgIpc) is 3.16. The van der Waals surface area contributed by atoms with Gasteiger partial charge < -0.3 is 10.4 Å². The van der Waals surface area contributed by atoms with Crippen molar-refractivity contribution in [2.45, 2.75) is 18.4 Å². The van der Waals surface area contributed by atoms with Crippen molar-refractivity contribution in [1.29, 1.82) is 0 Å². The van der Waals surface area contributed by atoms with Gasteiger partial charge in [-0.3, -0.25) is 9.89 Å². The molecule has 0 unspecified atom stereocenters. The molecule has 0 aliphatic heterocycles. The molecule has 1 aliphatic rings. The summed E-state index contributed by atoms with van der Waals surface area (Å²) in [6.07, 6.45) is 0.541. The fourth-order valence-corrected chi connectivity index (χ4v) is 3.32. The number of nitrogens with zero attached hydrogens (tertiary/aromatic N) is 1. The maximum atomic E-state index is 12.7. The normalized spacial score (nSPS) is 15.2. The Hall–Kier alpha value is -3.15. The number of rotatable bonds is 3. The second-order valence-corrected chi connectivity index (χ2v) is 6.08. The van der Waals surface area contributed by atoms with Crippen LogP contribution in [-0.4, -0.2) is 32.7 Å². The first kappa shape index (κ1) is 14.4. The van der Waals surface area contributed by atoms with Crippen molar-refractivity contribution in [3.05, 3.63) is 65.4 Å². The number of para-hydroxylation sites is 1. The number of H-pyrrole nitrogens is 1. The molecule has 1 aliphatic carbocycles. The van der Waals surface area contributed by atoms with Crippen molar-refractivity contribution < 1.29 is 14.7 Å². The number of carboxylic acid groups (broad SMARTS) is 1. The average molecular weight is 321 g/mol. The van der Waals surface area contributed by atoms with Gasteiger partial charge in [0, 0.05) is 18.2 Å².